The fourth-order valence-electron chi connectivity index (χ4n) is 4.29. The number of allylic oxidation sites excluding steroid dienone is 4. The Morgan fingerprint density at radius 1 is 1.15 bits per heavy atom. The molecule has 1 aromatic rings. The van der Waals surface area contributed by atoms with Crippen LogP contribution in [0.2, 0.25) is 0 Å². The summed E-state index contributed by atoms with van der Waals surface area (Å²) in [6, 6.07) is 5.02. The number of carboxylic acid groups (broad SMARTS) is 1. The van der Waals surface area contributed by atoms with Gasteiger partial charge in [0.05, 0.1) is 12.2 Å². The number of fused-ring (bicyclic) bond motifs is 1. The minimum absolute atomic E-state index is 0.0607. The molecule has 34 heavy (non-hydrogen) atoms. The monoisotopic (exact) mass is 465 g/mol. The molecule has 2 amide bonds. The molecule has 8 nitrogen and oxygen atoms in total. The molecule has 0 bridgehead atoms. The number of amides is 2. The van der Waals surface area contributed by atoms with E-state index in [1.54, 1.807) is 24.3 Å². The quantitative estimate of drug-likeness (QED) is 0.635. The van der Waals surface area contributed by atoms with Gasteiger partial charge >= 0.3 is 5.97 Å². The van der Waals surface area contributed by atoms with Crippen LogP contribution in [-0.4, -0.2) is 51.8 Å². The van der Waals surface area contributed by atoms with Gasteiger partial charge in [0.15, 0.2) is 5.78 Å². The van der Waals surface area contributed by atoms with Crippen molar-refractivity contribution in [2.75, 3.05) is 13.2 Å². The van der Waals surface area contributed by atoms with E-state index in [4.69, 9.17) is 4.74 Å². The van der Waals surface area contributed by atoms with Crippen molar-refractivity contribution in [2.24, 2.45) is 5.92 Å². The van der Waals surface area contributed by atoms with Crippen molar-refractivity contribution >= 4 is 29.1 Å². The van der Waals surface area contributed by atoms with E-state index >= 15 is 0 Å². The van der Waals surface area contributed by atoms with E-state index in [9.17, 15) is 29.4 Å². The third kappa shape index (κ3) is 5.07. The van der Waals surface area contributed by atoms with E-state index in [2.05, 4.69) is 0 Å². The lowest BCUT2D eigenvalue weighted by Gasteiger charge is -2.33. The highest BCUT2D eigenvalue weighted by Gasteiger charge is 2.34. The van der Waals surface area contributed by atoms with Crippen LogP contribution in [-0.2, 0) is 25.5 Å². The van der Waals surface area contributed by atoms with Crippen molar-refractivity contribution < 1.29 is 34.1 Å². The normalized spacial score (nSPS) is 18.4. The molecule has 1 atom stereocenters. The number of imide groups is 1. The maximum Gasteiger partial charge on any atom is 0.336 e. The van der Waals surface area contributed by atoms with E-state index in [0.717, 1.165) is 4.90 Å². The van der Waals surface area contributed by atoms with Crippen molar-refractivity contribution in [1.82, 2.24) is 4.90 Å². The van der Waals surface area contributed by atoms with Crippen LogP contribution in [0, 0.1) is 5.92 Å². The van der Waals surface area contributed by atoms with Gasteiger partial charge in [0.1, 0.15) is 11.5 Å². The molecule has 178 valence electrons. The summed E-state index contributed by atoms with van der Waals surface area (Å²) in [5, 5.41) is 19.5. The minimum atomic E-state index is -1.13. The summed E-state index contributed by atoms with van der Waals surface area (Å²) in [7, 11) is 0. The van der Waals surface area contributed by atoms with Gasteiger partial charge in [-0.15, -0.1) is 0 Å². The third-order valence-electron chi connectivity index (χ3n) is 5.85. The Morgan fingerprint density at radius 3 is 2.44 bits per heavy atom. The molecule has 1 aliphatic heterocycles. The number of carbonyl (C=O) groups is 4. The molecule has 2 N–H and O–H groups in total. The minimum Gasteiger partial charge on any atom is -0.478 e. The van der Waals surface area contributed by atoms with Gasteiger partial charge in [-0.25, -0.2) is 4.79 Å². The van der Waals surface area contributed by atoms with Crippen LogP contribution in [0.25, 0.3) is 5.57 Å². The number of ether oxygens (including phenoxy) is 1. The lowest BCUT2D eigenvalue weighted by atomic mass is 9.79. The molecular formula is C26H27NO7. The number of hydrogen-bond acceptors (Lipinski definition) is 6. The molecular weight excluding hydrogens is 438 g/mol. The topological polar surface area (TPSA) is 121 Å². The van der Waals surface area contributed by atoms with E-state index < -0.39 is 5.97 Å². The Balaban J connectivity index is 2.11. The molecule has 0 aromatic heterocycles. The number of benzene rings is 1. The first-order chi connectivity index (χ1) is 16.2. The Kier molecular flexibility index (Phi) is 7.63. The van der Waals surface area contributed by atoms with Crippen LogP contribution in [0.5, 0.6) is 0 Å². The standard InChI is InChI=1S/C26H27NO7/c1-4-19-23(10-12-28)34-24-14-18(31)6-8-21(24)25(19)20-7-5-17(13-22(20)26(32)33)9-11-27(15(2)29)16(3)30/h5-8,10,13-14,19,28H,4,9,11-12H2,1-3H3,(H,32,33)/b23-10+. The van der Waals surface area contributed by atoms with E-state index in [1.807, 2.05) is 6.92 Å². The average molecular weight is 466 g/mol. The van der Waals surface area contributed by atoms with Crippen LogP contribution in [0.3, 0.4) is 0 Å². The number of rotatable bonds is 7. The second-order valence-corrected chi connectivity index (χ2v) is 8.05. The molecule has 3 rings (SSSR count). The first kappa shape index (κ1) is 24.9. The number of aliphatic hydroxyl groups excluding tert-OH is 1. The largest absolute Gasteiger partial charge is 0.478 e. The van der Waals surface area contributed by atoms with Gasteiger partial charge in [0.25, 0.3) is 0 Å². The van der Waals surface area contributed by atoms with Gasteiger partial charge in [0, 0.05) is 38.0 Å². The molecule has 0 saturated heterocycles. The van der Waals surface area contributed by atoms with Gasteiger partial charge < -0.3 is 14.9 Å². The summed E-state index contributed by atoms with van der Waals surface area (Å²) in [5.41, 5.74) is 2.52. The van der Waals surface area contributed by atoms with E-state index in [0.29, 0.717) is 46.6 Å². The number of carbonyl (C=O) groups excluding carboxylic acids is 3. The maximum absolute atomic E-state index is 12.3. The molecule has 2 aliphatic rings. The highest BCUT2D eigenvalue weighted by Crippen LogP contribution is 2.45. The predicted octanol–water partition coefficient (Wildman–Crippen LogP) is 3.03. The summed E-state index contributed by atoms with van der Waals surface area (Å²) >= 11 is 0. The van der Waals surface area contributed by atoms with Gasteiger partial charge in [-0.2, -0.15) is 0 Å². The number of nitrogens with zero attached hydrogens (tertiary/aromatic N) is 1. The summed E-state index contributed by atoms with van der Waals surface area (Å²) < 4.78 is 5.91. The zero-order chi connectivity index (χ0) is 25.0. The van der Waals surface area contributed by atoms with Crippen molar-refractivity contribution in [3.05, 3.63) is 76.3 Å². The zero-order valence-corrected chi connectivity index (χ0v) is 19.3. The van der Waals surface area contributed by atoms with Crippen molar-refractivity contribution in [3.63, 3.8) is 0 Å². The number of aromatic carboxylic acids is 1. The van der Waals surface area contributed by atoms with Crippen LogP contribution in [0.15, 0.2) is 59.6 Å². The predicted molar refractivity (Wildman–Crippen MR) is 124 cm³/mol. The SMILES string of the molecule is CCC1C(c2ccc(CCN(C(C)=O)C(C)=O)cc2C(=O)O)=C2C=CC(=O)C=C2O/C1=C/CO. The average Bonchev–Trinajstić information content (AvgIpc) is 2.77. The maximum atomic E-state index is 12.3. The second kappa shape index (κ2) is 10.4. The molecule has 1 unspecified atom stereocenters. The second-order valence-electron chi connectivity index (χ2n) is 8.05. The summed E-state index contributed by atoms with van der Waals surface area (Å²) in [4.78, 5) is 48.7. The fraction of sp³-hybridized carbons (Fsp3) is 0.308. The number of carboxylic acids is 1. The summed E-state index contributed by atoms with van der Waals surface area (Å²) in [6.07, 6.45) is 6.78. The lowest BCUT2D eigenvalue weighted by molar-refractivity contribution is -0.142. The molecule has 0 saturated carbocycles. The van der Waals surface area contributed by atoms with Crippen LogP contribution in [0.4, 0.5) is 0 Å². The van der Waals surface area contributed by atoms with Crippen molar-refractivity contribution in [1.29, 1.82) is 0 Å². The molecule has 0 radical (unpaired) electrons. The Labute approximate surface area is 197 Å². The zero-order valence-electron chi connectivity index (χ0n) is 19.3. The van der Waals surface area contributed by atoms with Crippen LogP contribution < -0.4 is 0 Å². The molecule has 0 spiro atoms. The first-order valence-corrected chi connectivity index (χ1v) is 11.0. The summed E-state index contributed by atoms with van der Waals surface area (Å²) in [6.45, 7) is 4.42. The molecule has 1 aromatic carbocycles. The summed E-state index contributed by atoms with van der Waals surface area (Å²) in [5.74, 6) is -1.68. The van der Waals surface area contributed by atoms with Crippen LogP contribution >= 0.6 is 0 Å². The Bertz CT molecular complexity index is 1160. The Morgan fingerprint density at radius 2 is 1.85 bits per heavy atom. The Hall–Kier alpha value is -3.78. The van der Waals surface area contributed by atoms with Gasteiger partial charge in [-0.05, 0) is 53.8 Å². The van der Waals surface area contributed by atoms with Crippen molar-refractivity contribution in [2.45, 2.75) is 33.6 Å². The number of hydrogen-bond donors (Lipinski definition) is 2. The van der Waals surface area contributed by atoms with Gasteiger partial charge in [-0.3, -0.25) is 19.3 Å². The molecule has 0 fully saturated rings. The van der Waals surface area contributed by atoms with Crippen molar-refractivity contribution in [3.8, 4) is 0 Å². The highest BCUT2D eigenvalue weighted by atomic mass is 16.5. The van der Waals surface area contributed by atoms with Gasteiger partial charge in [-0.1, -0.05) is 19.1 Å². The highest BCUT2D eigenvalue weighted by molar-refractivity contribution is 6.04. The van der Waals surface area contributed by atoms with Crippen LogP contribution in [0.1, 0.15) is 48.7 Å². The van der Waals surface area contributed by atoms with Gasteiger partial charge in [0.2, 0.25) is 11.8 Å². The number of aliphatic hydroxyl groups is 1. The third-order valence-corrected chi connectivity index (χ3v) is 5.85. The molecule has 1 heterocycles. The fourth-order valence-corrected chi connectivity index (χ4v) is 4.29. The first-order valence-electron chi connectivity index (χ1n) is 11.0. The molecule has 8 heteroatoms. The molecule has 1 aliphatic carbocycles. The van der Waals surface area contributed by atoms with E-state index in [1.165, 1.54) is 32.1 Å². The number of ketones is 1. The van der Waals surface area contributed by atoms with E-state index in [-0.39, 0.29) is 42.2 Å². The smallest absolute Gasteiger partial charge is 0.336 e. The lowest BCUT2D eigenvalue weighted by Crippen LogP contribution is -2.35.